The van der Waals surface area contributed by atoms with Crippen LogP contribution in [0.2, 0.25) is 0 Å². The monoisotopic (exact) mass is 353 g/mol. The fourth-order valence-corrected chi connectivity index (χ4v) is 2.62. The Hall–Kier alpha value is -1.62. The van der Waals surface area contributed by atoms with Crippen molar-refractivity contribution >= 4 is 0 Å². The summed E-state index contributed by atoms with van der Waals surface area (Å²) in [4.78, 5) is 0. The second-order valence-corrected chi connectivity index (χ2v) is 6.11. The summed E-state index contributed by atoms with van der Waals surface area (Å²) in [6, 6.07) is 11.9. The fourth-order valence-electron chi connectivity index (χ4n) is 2.62. The van der Waals surface area contributed by atoms with Crippen LogP contribution in [0.1, 0.15) is 36.1 Å². The van der Waals surface area contributed by atoms with Crippen LogP contribution in [0, 0.1) is 12.7 Å². The van der Waals surface area contributed by atoms with Crippen molar-refractivity contribution in [2.24, 2.45) is 0 Å². The first kappa shape index (κ1) is 20.4. The minimum absolute atomic E-state index is 0. The van der Waals surface area contributed by atoms with Gasteiger partial charge in [0.15, 0.2) is 0 Å². The molecule has 0 aliphatic heterocycles. The number of hydrogen-bond acceptors (Lipinski definition) is 2. The summed E-state index contributed by atoms with van der Waals surface area (Å²) in [7, 11) is 0. The number of aromatic hydroxyl groups is 1. The summed E-state index contributed by atoms with van der Waals surface area (Å²) < 4.78 is 13.1. The first-order valence-electron chi connectivity index (χ1n) is 8.02. The van der Waals surface area contributed by atoms with Crippen molar-refractivity contribution < 1.29 is 32.3 Å². The second kappa shape index (κ2) is 9.62. The van der Waals surface area contributed by atoms with E-state index in [1.165, 1.54) is 6.07 Å². The van der Waals surface area contributed by atoms with E-state index in [1.807, 2.05) is 32.0 Å². The van der Waals surface area contributed by atoms with Gasteiger partial charge in [0.25, 0.3) is 0 Å². The lowest BCUT2D eigenvalue weighted by Crippen LogP contribution is -3.00. The smallest absolute Gasteiger partial charge is 0.130 e. The maximum atomic E-state index is 13.1. The molecule has 0 aromatic heterocycles. The lowest BCUT2D eigenvalue weighted by molar-refractivity contribution is -0.694. The number of phenols is 1. The molecule has 2 atom stereocenters. The van der Waals surface area contributed by atoms with Crippen LogP contribution < -0.4 is 17.7 Å². The largest absolute Gasteiger partial charge is 1.00 e. The van der Waals surface area contributed by atoms with Crippen LogP contribution in [0.5, 0.6) is 5.75 Å². The van der Waals surface area contributed by atoms with Crippen molar-refractivity contribution in [2.45, 2.75) is 38.8 Å². The predicted octanol–water partition coefficient (Wildman–Crippen LogP) is -0.538. The zero-order valence-corrected chi connectivity index (χ0v) is 14.8. The van der Waals surface area contributed by atoms with E-state index < -0.39 is 6.10 Å². The zero-order valence-electron chi connectivity index (χ0n) is 14.0. The molecule has 0 bridgehead atoms. The van der Waals surface area contributed by atoms with Gasteiger partial charge in [-0.25, -0.2) is 4.39 Å². The van der Waals surface area contributed by atoms with Crippen molar-refractivity contribution in [3.63, 3.8) is 0 Å². The maximum absolute atomic E-state index is 13.1. The Morgan fingerprint density at radius 3 is 2.58 bits per heavy atom. The molecule has 2 rings (SSSR count). The molecule has 24 heavy (non-hydrogen) atoms. The van der Waals surface area contributed by atoms with Gasteiger partial charge in [0.2, 0.25) is 0 Å². The number of benzene rings is 2. The molecule has 0 saturated heterocycles. The van der Waals surface area contributed by atoms with Gasteiger partial charge in [0.05, 0.1) is 6.54 Å². The minimum Gasteiger partial charge on any atom is -1.00 e. The number of aryl methyl sites for hydroxylation is 2. The minimum atomic E-state index is -0.629. The lowest BCUT2D eigenvalue weighted by Gasteiger charge is -2.18. The van der Waals surface area contributed by atoms with Crippen LogP contribution in [0.3, 0.4) is 0 Å². The molecule has 2 unspecified atom stereocenters. The van der Waals surface area contributed by atoms with Gasteiger partial charge in [-0.1, -0.05) is 24.3 Å². The number of aliphatic hydroxyl groups is 1. The number of quaternary nitrogens is 1. The Bertz CT molecular complexity index is 651. The Kier molecular flexibility index (Phi) is 8.19. The molecule has 0 fully saturated rings. The van der Waals surface area contributed by atoms with Gasteiger partial charge < -0.3 is 27.9 Å². The van der Waals surface area contributed by atoms with E-state index in [0.29, 0.717) is 0 Å². The van der Waals surface area contributed by atoms with Gasteiger partial charge in [0, 0.05) is 6.42 Å². The first-order chi connectivity index (χ1) is 11.0. The highest BCUT2D eigenvalue weighted by Gasteiger charge is 2.19. The molecule has 3 nitrogen and oxygen atoms in total. The topological polar surface area (TPSA) is 57.1 Å². The average molecular weight is 354 g/mol. The van der Waals surface area contributed by atoms with Crippen LogP contribution in [0.15, 0.2) is 42.5 Å². The Labute approximate surface area is 149 Å². The SMILES string of the molecule is Cc1ccc(C(O)C(C)[NH2+]CCCc2cccc(F)c2)cc1O.[Cl-]. The molecule has 5 heteroatoms. The van der Waals surface area contributed by atoms with Gasteiger partial charge >= 0.3 is 0 Å². The first-order valence-corrected chi connectivity index (χ1v) is 8.02. The van der Waals surface area contributed by atoms with Crippen molar-refractivity contribution in [1.82, 2.24) is 0 Å². The highest BCUT2D eigenvalue weighted by molar-refractivity contribution is 5.36. The van der Waals surface area contributed by atoms with E-state index in [1.54, 1.807) is 18.2 Å². The molecule has 2 aromatic rings. The highest BCUT2D eigenvalue weighted by Crippen LogP contribution is 2.23. The molecule has 0 spiro atoms. The molecular formula is C19H25ClFNO2. The van der Waals surface area contributed by atoms with Crippen LogP contribution in [0.25, 0.3) is 0 Å². The number of aliphatic hydroxyl groups excluding tert-OH is 1. The Morgan fingerprint density at radius 2 is 1.92 bits per heavy atom. The average Bonchev–Trinajstić information content (AvgIpc) is 2.53. The van der Waals surface area contributed by atoms with Crippen LogP contribution in [-0.4, -0.2) is 22.8 Å². The van der Waals surface area contributed by atoms with Crippen LogP contribution >= 0.6 is 0 Å². The van der Waals surface area contributed by atoms with Gasteiger partial charge in [-0.2, -0.15) is 0 Å². The summed E-state index contributed by atoms with van der Waals surface area (Å²) in [6.45, 7) is 4.64. The third-order valence-corrected chi connectivity index (χ3v) is 4.17. The zero-order chi connectivity index (χ0) is 16.8. The Morgan fingerprint density at radius 1 is 1.17 bits per heavy atom. The van der Waals surface area contributed by atoms with Crippen LogP contribution in [-0.2, 0) is 6.42 Å². The molecule has 0 amide bonds. The number of rotatable bonds is 7. The third-order valence-electron chi connectivity index (χ3n) is 4.17. The molecule has 0 radical (unpaired) electrons. The molecule has 2 aromatic carbocycles. The lowest BCUT2D eigenvalue weighted by atomic mass is 10.0. The molecule has 0 saturated carbocycles. The van der Waals surface area contributed by atoms with E-state index in [9.17, 15) is 14.6 Å². The van der Waals surface area contributed by atoms with Crippen molar-refractivity contribution in [3.05, 3.63) is 65.0 Å². The second-order valence-electron chi connectivity index (χ2n) is 6.11. The predicted molar refractivity (Wildman–Crippen MR) is 88.8 cm³/mol. The van der Waals surface area contributed by atoms with E-state index in [4.69, 9.17) is 0 Å². The van der Waals surface area contributed by atoms with E-state index in [0.717, 1.165) is 36.1 Å². The van der Waals surface area contributed by atoms with E-state index in [2.05, 4.69) is 5.32 Å². The van der Waals surface area contributed by atoms with Gasteiger partial charge in [-0.15, -0.1) is 0 Å². The van der Waals surface area contributed by atoms with Gasteiger partial charge in [-0.05, 0) is 55.2 Å². The van der Waals surface area contributed by atoms with Crippen molar-refractivity contribution in [3.8, 4) is 5.75 Å². The van der Waals surface area contributed by atoms with E-state index >= 15 is 0 Å². The quantitative estimate of drug-likeness (QED) is 0.586. The standard InChI is InChI=1S/C19H24FNO2.ClH/c1-13-8-9-16(12-18(13)22)19(23)14(2)21-10-4-6-15-5-3-7-17(20)11-15;/h3,5,7-9,11-12,14,19,21-23H,4,6,10H2,1-2H3;1H. The summed E-state index contributed by atoms with van der Waals surface area (Å²) >= 11 is 0. The summed E-state index contributed by atoms with van der Waals surface area (Å²) in [5, 5.41) is 22.2. The van der Waals surface area contributed by atoms with Gasteiger partial charge in [0.1, 0.15) is 23.7 Å². The highest BCUT2D eigenvalue weighted by atomic mass is 35.5. The molecule has 132 valence electrons. The number of hydrogen-bond donors (Lipinski definition) is 3. The molecule has 0 aliphatic carbocycles. The fraction of sp³-hybridized carbons (Fsp3) is 0.368. The van der Waals surface area contributed by atoms with Crippen LogP contribution in [0.4, 0.5) is 4.39 Å². The molecule has 0 heterocycles. The number of phenolic OH excluding ortho intramolecular Hbond substituents is 1. The normalized spacial score (nSPS) is 13.2. The molecule has 4 N–H and O–H groups in total. The summed E-state index contributed by atoms with van der Waals surface area (Å²) in [5.74, 6) is 0.00861. The summed E-state index contributed by atoms with van der Waals surface area (Å²) in [5.41, 5.74) is 2.52. The van der Waals surface area contributed by atoms with Crippen molar-refractivity contribution in [1.29, 1.82) is 0 Å². The summed E-state index contributed by atoms with van der Waals surface area (Å²) in [6.07, 6.45) is 1.11. The van der Waals surface area contributed by atoms with Crippen molar-refractivity contribution in [2.75, 3.05) is 6.54 Å². The maximum Gasteiger partial charge on any atom is 0.130 e. The molecular weight excluding hydrogens is 329 g/mol. The van der Waals surface area contributed by atoms with Gasteiger partial charge in [-0.3, -0.25) is 0 Å². The Balaban J connectivity index is 0.00000288. The number of halogens is 2. The molecule has 0 aliphatic rings. The third kappa shape index (κ3) is 5.78. The van der Waals surface area contributed by atoms with E-state index in [-0.39, 0.29) is 30.0 Å². The number of nitrogens with two attached hydrogens (primary N) is 1.